The summed E-state index contributed by atoms with van der Waals surface area (Å²) in [5.74, 6) is -0.620. The fraction of sp³-hybridized carbons (Fsp3) is 0. The van der Waals surface area contributed by atoms with Crippen LogP contribution < -0.4 is 0 Å². The first-order valence-electron chi connectivity index (χ1n) is 10.0. The summed E-state index contributed by atoms with van der Waals surface area (Å²) in [4.78, 5) is 11.8. The van der Waals surface area contributed by atoms with Crippen LogP contribution in [0.2, 0.25) is 0 Å². The van der Waals surface area contributed by atoms with Gasteiger partial charge in [-0.05, 0) is 70.8 Å². The van der Waals surface area contributed by atoms with E-state index in [4.69, 9.17) is 0 Å². The lowest BCUT2D eigenvalue weighted by Gasteiger charge is -2.04. The highest BCUT2D eigenvalue weighted by Gasteiger charge is 2.15. The molecule has 0 saturated carbocycles. The second-order valence-electron chi connectivity index (χ2n) is 7.57. The van der Waals surface area contributed by atoms with E-state index < -0.39 is 5.82 Å². The molecule has 2 aromatic carbocycles. The van der Waals surface area contributed by atoms with E-state index in [1.54, 1.807) is 24.7 Å². The maximum atomic E-state index is 13.9. The maximum absolute atomic E-state index is 13.9. The summed E-state index contributed by atoms with van der Waals surface area (Å²) in [6.07, 6.45) is 5.19. The van der Waals surface area contributed by atoms with Crippen LogP contribution >= 0.6 is 0 Å². The Balaban J connectivity index is 1.52. The molecule has 0 radical (unpaired) electrons. The SMILES string of the molecule is Oc1cc(F)cc(-c2ccnc3[nH]c(-c4n[nH]c5ccc(-c6ccncc6)cc45)cc23)c1. The number of H-pyrrole nitrogens is 2. The van der Waals surface area contributed by atoms with E-state index >= 15 is 0 Å². The fourth-order valence-corrected chi connectivity index (χ4v) is 4.08. The second kappa shape index (κ2) is 7.02. The molecule has 0 aliphatic heterocycles. The van der Waals surface area contributed by atoms with Crippen molar-refractivity contribution in [3.8, 4) is 39.4 Å². The molecule has 0 amide bonds. The molecule has 7 heteroatoms. The second-order valence-corrected chi connectivity index (χ2v) is 7.57. The molecule has 0 bridgehead atoms. The Labute approximate surface area is 181 Å². The number of phenolic OH excluding ortho intramolecular Hbond substituents is 1. The summed E-state index contributed by atoms with van der Waals surface area (Å²) in [7, 11) is 0. The Bertz CT molecular complexity index is 1580. The summed E-state index contributed by atoms with van der Waals surface area (Å²) in [6, 6.07) is 17.8. The summed E-state index contributed by atoms with van der Waals surface area (Å²) < 4.78 is 13.9. The highest BCUT2D eigenvalue weighted by Crippen LogP contribution is 2.35. The minimum Gasteiger partial charge on any atom is -0.508 e. The van der Waals surface area contributed by atoms with Gasteiger partial charge in [-0.15, -0.1) is 0 Å². The minimum atomic E-state index is -0.498. The maximum Gasteiger partial charge on any atom is 0.138 e. The molecule has 0 aliphatic carbocycles. The molecule has 0 fully saturated rings. The van der Waals surface area contributed by atoms with Crippen molar-refractivity contribution in [3.63, 3.8) is 0 Å². The molecule has 3 N–H and O–H groups in total. The lowest BCUT2D eigenvalue weighted by atomic mass is 10.0. The third-order valence-electron chi connectivity index (χ3n) is 5.56. The van der Waals surface area contributed by atoms with Crippen molar-refractivity contribution in [2.24, 2.45) is 0 Å². The van der Waals surface area contributed by atoms with Crippen LogP contribution in [-0.2, 0) is 0 Å². The van der Waals surface area contributed by atoms with Gasteiger partial charge in [0.1, 0.15) is 22.9 Å². The molecular weight excluding hydrogens is 405 g/mol. The zero-order valence-corrected chi connectivity index (χ0v) is 16.7. The number of rotatable bonds is 3. The van der Waals surface area contributed by atoms with E-state index in [9.17, 15) is 9.50 Å². The van der Waals surface area contributed by atoms with Gasteiger partial charge in [-0.2, -0.15) is 5.10 Å². The van der Waals surface area contributed by atoms with Crippen LogP contribution in [0, 0.1) is 5.82 Å². The molecule has 6 rings (SSSR count). The third-order valence-corrected chi connectivity index (χ3v) is 5.56. The lowest BCUT2D eigenvalue weighted by molar-refractivity contribution is 0.469. The zero-order valence-electron chi connectivity index (χ0n) is 16.7. The number of phenols is 1. The first kappa shape index (κ1) is 18.3. The molecule has 0 spiro atoms. The number of aromatic hydroxyl groups is 1. The number of aromatic nitrogens is 5. The number of fused-ring (bicyclic) bond motifs is 2. The van der Waals surface area contributed by atoms with Crippen LogP contribution in [0.5, 0.6) is 5.75 Å². The van der Waals surface area contributed by atoms with E-state index in [2.05, 4.69) is 31.2 Å². The van der Waals surface area contributed by atoms with Gasteiger partial charge in [-0.3, -0.25) is 10.1 Å². The molecular formula is C25H16FN5O. The van der Waals surface area contributed by atoms with Crippen molar-refractivity contribution >= 4 is 21.9 Å². The van der Waals surface area contributed by atoms with Crippen molar-refractivity contribution in [1.29, 1.82) is 0 Å². The van der Waals surface area contributed by atoms with Gasteiger partial charge >= 0.3 is 0 Å². The van der Waals surface area contributed by atoms with Gasteiger partial charge < -0.3 is 10.1 Å². The molecule has 6 nitrogen and oxygen atoms in total. The Morgan fingerprint density at radius 1 is 0.781 bits per heavy atom. The molecule has 154 valence electrons. The van der Waals surface area contributed by atoms with Gasteiger partial charge in [-0.25, -0.2) is 9.37 Å². The smallest absolute Gasteiger partial charge is 0.138 e. The van der Waals surface area contributed by atoms with Crippen LogP contribution in [0.4, 0.5) is 4.39 Å². The van der Waals surface area contributed by atoms with Crippen molar-refractivity contribution in [1.82, 2.24) is 25.1 Å². The van der Waals surface area contributed by atoms with E-state index in [1.165, 1.54) is 12.1 Å². The van der Waals surface area contributed by atoms with Gasteiger partial charge in [0, 0.05) is 35.4 Å². The topological polar surface area (TPSA) is 90.5 Å². The predicted molar refractivity (Wildman–Crippen MR) is 121 cm³/mol. The number of nitrogens with zero attached hydrogens (tertiary/aromatic N) is 3. The van der Waals surface area contributed by atoms with Crippen molar-refractivity contribution < 1.29 is 9.50 Å². The van der Waals surface area contributed by atoms with Gasteiger partial charge in [0.2, 0.25) is 0 Å². The van der Waals surface area contributed by atoms with Crippen molar-refractivity contribution in [2.75, 3.05) is 0 Å². The summed E-state index contributed by atoms with van der Waals surface area (Å²) in [6.45, 7) is 0. The van der Waals surface area contributed by atoms with E-state index in [0.29, 0.717) is 11.2 Å². The van der Waals surface area contributed by atoms with E-state index in [1.807, 2.05) is 30.3 Å². The lowest BCUT2D eigenvalue weighted by Crippen LogP contribution is -1.84. The predicted octanol–water partition coefficient (Wildman–Crippen LogP) is 5.68. The average molecular weight is 421 g/mol. The molecule has 0 atom stereocenters. The largest absolute Gasteiger partial charge is 0.508 e. The monoisotopic (exact) mass is 421 g/mol. The molecule has 32 heavy (non-hydrogen) atoms. The fourth-order valence-electron chi connectivity index (χ4n) is 4.08. The third kappa shape index (κ3) is 2.99. The van der Waals surface area contributed by atoms with Gasteiger partial charge in [-0.1, -0.05) is 6.07 Å². The van der Waals surface area contributed by atoms with Gasteiger partial charge in [0.05, 0.1) is 11.2 Å². The Kier molecular flexibility index (Phi) is 4.01. The molecule has 0 saturated heterocycles. The minimum absolute atomic E-state index is 0.123. The number of benzene rings is 2. The number of aromatic amines is 2. The first-order valence-corrected chi connectivity index (χ1v) is 10.0. The molecule has 0 aliphatic rings. The van der Waals surface area contributed by atoms with Crippen LogP contribution in [0.15, 0.2) is 79.3 Å². The summed E-state index contributed by atoms with van der Waals surface area (Å²) >= 11 is 0. The number of nitrogens with one attached hydrogen (secondary N) is 2. The van der Waals surface area contributed by atoms with Gasteiger partial charge in [0.15, 0.2) is 0 Å². The Morgan fingerprint density at radius 3 is 2.50 bits per heavy atom. The average Bonchev–Trinajstić information content (AvgIpc) is 3.42. The highest BCUT2D eigenvalue weighted by atomic mass is 19.1. The molecule has 4 aromatic heterocycles. The van der Waals surface area contributed by atoms with Crippen molar-refractivity contribution in [2.45, 2.75) is 0 Å². The van der Waals surface area contributed by atoms with E-state index in [-0.39, 0.29) is 5.75 Å². The Morgan fingerprint density at radius 2 is 1.66 bits per heavy atom. The highest BCUT2D eigenvalue weighted by molar-refractivity contribution is 6.00. The quantitative estimate of drug-likeness (QED) is 0.343. The number of hydrogen-bond acceptors (Lipinski definition) is 4. The molecule has 4 heterocycles. The number of pyridine rings is 2. The number of halogens is 1. The van der Waals surface area contributed by atoms with Crippen LogP contribution in [0.25, 0.3) is 55.6 Å². The molecule has 6 aromatic rings. The standard InChI is InChI=1S/C25H16FN5O/c26-17-9-16(10-18(32)12-17)19-5-8-28-25-20(19)13-23(29-25)24-21-11-15(1-2-22(21)30-31-24)14-3-6-27-7-4-14/h1-13,32H,(H,28,29)(H,30,31). The molecule has 0 unspecified atom stereocenters. The zero-order chi connectivity index (χ0) is 21.7. The number of hydrogen-bond donors (Lipinski definition) is 3. The summed E-state index contributed by atoms with van der Waals surface area (Å²) in [5, 5.41) is 19.2. The normalized spacial score (nSPS) is 11.4. The van der Waals surface area contributed by atoms with Crippen LogP contribution in [-0.4, -0.2) is 30.3 Å². The van der Waals surface area contributed by atoms with Crippen LogP contribution in [0.3, 0.4) is 0 Å². The first-order chi connectivity index (χ1) is 15.7. The Hall–Kier alpha value is -4.52. The van der Waals surface area contributed by atoms with Gasteiger partial charge in [0.25, 0.3) is 0 Å². The summed E-state index contributed by atoms with van der Waals surface area (Å²) in [5.41, 5.74) is 6.60. The van der Waals surface area contributed by atoms with E-state index in [0.717, 1.165) is 50.4 Å². The van der Waals surface area contributed by atoms with Crippen LogP contribution in [0.1, 0.15) is 0 Å². The van der Waals surface area contributed by atoms with Crippen molar-refractivity contribution in [3.05, 3.63) is 85.1 Å².